The highest BCUT2D eigenvalue weighted by Crippen LogP contribution is 1.95. The Morgan fingerprint density at radius 2 is 2.06 bits per heavy atom. The molecule has 1 aromatic rings. The minimum atomic E-state index is -0.232. The Morgan fingerprint density at radius 3 is 2.62 bits per heavy atom. The van der Waals surface area contributed by atoms with Gasteiger partial charge in [0.25, 0.3) is 5.91 Å². The summed E-state index contributed by atoms with van der Waals surface area (Å²) in [5.41, 5.74) is 0.826. The molecule has 0 saturated carbocycles. The summed E-state index contributed by atoms with van der Waals surface area (Å²) in [7, 11) is 0. The number of carbonyl (C=O) groups is 1. The highest BCUT2D eigenvalue weighted by molar-refractivity contribution is 5.94. The van der Waals surface area contributed by atoms with Crippen LogP contribution in [0.5, 0.6) is 0 Å². The van der Waals surface area contributed by atoms with Crippen molar-refractivity contribution in [2.45, 2.75) is 6.92 Å². The molecule has 0 aliphatic rings. The van der Waals surface area contributed by atoms with Gasteiger partial charge in [-0.2, -0.15) is 0 Å². The molecule has 0 aliphatic heterocycles. The van der Waals surface area contributed by atoms with Gasteiger partial charge >= 0.3 is 0 Å². The summed E-state index contributed by atoms with van der Waals surface area (Å²) in [6.45, 7) is 2.75. The summed E-state index contributed by atoms with van der Waals surface area (Å²) in [6, 6.07) is 9.39. The standard InChI is InChI=1S/C14H13NO/c1-3-12-15(4-2)14(16)11-10-13-8-6-5-7-9-13/h1,5-9H,4,12H2,2H3. The molecule has 0 heterocycles. The van der Waals surface area contributed by atoms with E-state index in [-0.39, 0.29) is 5.91 Å². The molecule has 0 aromatic heterocycles. The van der Waals surface area contributed by atoms with Crippen LogP contribution in [0.25, 0.3) is 0 Å². The van der Waals surface area contributed by atoms with Crippen molar-refractivity contribution in [3.05, 3.63) is 35.9 Å². The summed E-state index contributed by atoms with van der Waals surface area (Å²) in [4.78, 5) is 13.1. The van der Waals surface area contributed by atoms with Gasteiger partial charge in [-0.25, -0.2) is 0 Å². The third-order valence-electron chi connectivity index (χ3n) is 2.04. The van der Waals surface area contributed by atoms with E-state index in [4.69, 9.17) is 6.42 Å². The molecule has 2 nitrogen and oxygen atoms in total. The van der Waals surface area contributed by atoms with Crippen molar-refractivity contribution in [2.75, 3.05) is 13.1 Å². The molecular formula is C14H13NO. The number of terminal acetylenes is 1. The number of rotatable bonds is 2. The van der Waals surface area contributed by atoms with Crippen LogP contribution in [0, 0.1) is 24.2 Å². The lowest BCUT2D eigenvalue weighted by Crippen LogP contribution is -2.29. The van der Waals surface area contributed by atoms with E-state index < -0.39 is 0 Å². The molecule has 0 spiro atoms. The molecule has 0 unspecified atom stereocenters. The smallest absolute Gasteiger partial charge is 0.299 e. The van der Waals surface area contributed by atoms with Gasteiger partial charge in [-0.05, 0) is 19.1 Å². The zero-order valence-corrected chi connectivity index (χ0v) is 9.23. The monoisotopic (exact) mass is 211 g/mol. The van der Waals surface area contributed by atoms with Gasteiger partial charge in [-0.1, -0.05) is 30.0 Å². The van der Waals surface area contributed by atoms with E-state index in [9.17, 15) is 4.79 Å². The lowest BCUT2D eigenvalue weighted by atomic mass is 10.2. The second kappa shape index (κ2) is 6.32. The van der Waals surface area contributed by atoms with Crippen LogP contribution in [0.1, 0.15) is 12.5 Å². The second-order valence-corrected chi connectivity index (χ2v) is 3.14. The molecule has 2 heteroatoms. The van der Waals surface area contributed by atoms with Crippen LogP contribution < -0.4 is 0 Å². The normalized spacial score (nSPS) is 8.50. The Hall–Kier alpha value is -2.19. The Labute approximate surface area is 96.3 Å². The van der Waals surface area contributed by atoms with E-state index in [1.807, 2.05) is 37.3 Å². The SMILES string of the molecule is C#CCN(CC)C(=O)C#Cc1ccccc1. The van der Waals surface area contributed by atoms with E-state index in [0.717, 1.165) is 5.56 Å². The Morgan fingerprint density at radius 1 is 1.38 bits per heavy atom. The maximum absolute atomic E-state index is 11.6. The molecule has 0 atom stereocenters. The first-order valence-corrected chi connectivity index (χ1v) is 5.07. The molecule has 80 valence electrons. The third-order valence-corrected chi connectivity index (χ3v) is 2.04. The van der Waals surface area contributed by atoms with Crippen LogP contribution in [0.3, 0.4) is 0 Å². The van der Waals surface area contributed by atoms with E-state index >= 15 is 0 Å². The van der Waals surface area contributed by atoms with Crippen LogP contribution >= 0.6 is 0 Å². The number of hydrogen-bond donors (Lipinski definition) is 0. The Balaban J connectivity index is 2.71. The number of amides is 1. The van der Waals surface area contributed by atoms with E-state index in [1.165, 1.54) is 4.90 Å². The molecule has 1 amide bonds. The third kappa shape index (κ3) is 3.52. The van der Waals surface area contributed by atoms with Crippen molar-refractivity contribution >= 4 is 5.91 Å². The lowest BCUT2D eigenvalue weighted by molar-refractivity contribution is -0.124. The number of carbonyl (C=O) groups excluding carboxylic acids is 1. The van der Waals surface area contributed by atoms with Crippen LogP contribution in [0.2, 0.25) is 0 Å². The molecule has 0 fully saturated rings. The van der Waals surface area contributed by atoms with Crippen molar-refractivity contribution in [1.29, 1.82) is 0 Å². The molecule has 0 saturated heterocycles. The number of hydrogen-bond acceptors (Lipinski definition) is 1. The average molecular weight is 211 g/mol. The fourth-order valence-corrected chi connectivity index (χ4v) is 1.16. The topological polar surface area (TPSA) is 20.3 Å². The summed E-state index contributed by atoms with van der Waals surface area (Å²) in [5.74, 6) is 7.59. The quantitative estimate of drug-likeness (QED) is 0.679. The van der Waals surface area contributed by atoms with Gasteiger partial charge in [0, 0.05) is 18.0 Å². The first-order chi connectivity index (χ1) is 7.77. The fourth-order valence-electron chi connectivity index (χ4n) is 1.16. The van der Waals surface area contributed by atoms with Crippen molar-refractivity contribution < 1.29 is 4.79 Å². The molecule has 0 aliphatic carbocycles. The van der Waals surface area contributed by atoms with Crippen LogP contribution in [-0.4, -0.2) is 23.9 Å². The molecular weight excluding hydrogens is 198 g/mol. The van der Waals surface area contributed by atoms with Gasteiger partial charge < -0.3 is 4.90 Å². The molecule has 0 radical (unpaired) electrons. The summed E-state index contributed by atoms with van der Waals surface area (Å²) in [6.07, 6.45) is 5.16. The zero-order valence-electron chi connectivity index (χ0n) is 9.23. The van der Waals surface area contributed by atoms with E-state index in [1.54, 1.807) is 0 Å². The number of benzene rings is 1. The van der Waals surface area contributed by atoms with Crippen molar-refractivity contribution in [3.63, 3.8) is 0 Å². The molecule has 16 heavy (non-hydrogen) atoms. The molecule has 0 N–H and O–H groups in total. The second-order valence-electron chi connectivity index (χ2n) is 3.14. The van der Waals surface area contributed by atoms with Gasteiger partial charge in [0.05, 0.1) is 6.54 Å². The Bertz CT molecular complexity index is 445. The Kier molecular flexibility index (Phi) is 4.70. The maximum atomic E-state index is 11.6. The highest BCUT2D eigenvalue weighted by Gasteiger charge is 2.05. The van der Waals surface area contributed by atoms with E-state index in [0.29, 0.717) is 13.1 Å². The van der Waals surface area contributed by atoms with Crippen LogP contribution in [-0.2, 0) is 4.79 Å². The predicted octanol–water partition coefficient (Wildman–Crippen LogP) is 1.52. The van der Waals surface area contributed by atoms with Crippen molar-refractivity contribution in [3.8, 4) is 24.2 Å². The average Bonchev–Trinajstić information content (AvgIpc) is 2.34. The van der Waals surface area contributed by atoms with Gasteiger partial charge in [0.15, 0.2) is 0 Å². The van der Waals surface area contributed by atoms with Gasteiger partial charge in [0.2, 0.25) is 0 Å². The first-order valence-electron chi connectivity index (χ1n) is 5.07. The maximum Gasteiger partial charge on any atom is 0.299 e. The van der Waals surface area contributed by atoms with Crippen LogP contribution in [0.15, 0.2) is 30.3 Å². The predicted molar refractivity (Wildman–Crippen MR) is 64.4 cm³/mol. The van der Waals surface area contributed by atoms with Gasteiger partial charge in [-0.15, -0.1) is 6.42 Å². The number of nitrogens with zero attached hydrogens (tertiary/aromatic N) is 1. The van der Waals surface area contributed by atoms with Gasteiger partial charge in [0.1, 0.15) is 0 Å². The molecule has 0 bridgehead atoms. The largest absolute Gasteiger partial charge is 0.321 e. The lowest BCUT2D eigenvalue weighted by Gasteiger charge is -2.13. The summed E-state index contributed by atoms with van der Waals surface area (Å²) in [5, 5.41) is 0. The first kappa shape index (κ1) is 11.9. The van der Waals surface area contributed by atoms with Gasteiger partial charge in [-0.3, -0.25) is 4.79 Å². The summed E-state index contributed by atoms with van der Waals surface area (Å²) < 4.78 is 0. The van der Waals surface area contributed by atoms with E-state index in [2.05, 4.69) is 17.8 Å². The van der Waals surface area contributed by atoms with Crippen molar-refractivity contribution in [1.82, 2.24) is 4.90 Å². The zero-order chi connectivity index (χ0) is 11.8. The fraction of sp³-hybridized carbons (Fsp3) is 0.214. The minimum Gasteiger partial charge on any atom is -0.321 e. The van der Waals surface area contributed by atoms with Crippen molar-refractivity contribution in [2.24, 2.45) is 0 Å². The highest BCUT2D eigenvalue weighted by atomic mass is 16.2. The molecule has 1 rings (SSSR count). The molecule has 1 aromatic carbocycles. The minimum absolute atomic E-state index is 0.232. The summed E-state index contributed by atoms with van der Waals surface area (Å²) >= 11 is 0. The van der Waals surface area contributed by atoms with Crippen LogP contribution in [0.4, 0.5) is 0 Å².